The zero-order valence-corrected chi connectivity index (χ0v) is 15.5. The van der Waals surface area contributed by atoms with Gasteiger partial charge in [-0.2, -0.15) is 0 Å². The average molecular weight is 345 g/mol. The zero-order chi connectivity index (χ0) is 16.2. The van der Waals surface area contributed by atoms with E-state index < -0.39 is 9.84 Å². The fraction of sp³-hybridized carbons (Fsp3) is 0.812. The number of piperidine rings is 1. The lowest BCUT2D eigenvalue weighted by molar-refractivity contribution is 0.126. The van der Waals surface area contributed by atoms with Gasteiger partial charge in [-0.05, 0) is 38.1 Å². The van der Waals surface area contributed by atoms with Crippen LogP contribution in [0, 0.1) is 5.92 Å². The molecule has 0 aliphatic carbocycles. The Labute approximate surface area is 138 Å². The molecule has 2 rings (SSSR count). The fourth-order valence-corrected chi connectivity index (χ4v) is 5.04. The first-order valence-electron chi connectivity index (χ1n) is 8.18. The summed E-state index contributed by atoms with van der Waals surface area (Å²) in [5.41, 5.74) is 1.03. The van der Waals surface area contributed by atoms with Gasteiger partial charge >= 0.3 is 0 Å². The summed E-state index contributed by atoms with van der Waals surface area (Å²) in [7, 11) is -2.99. The highest BCUT2D eigenvalue weighted by Gasteiger charge is 2.23. The van der Waals surface area contributed by atoms with E-state index in [4.69, 9.17) is 0 Å². The van der Waals surface area contributed by atoms with Crippen LogP contribution in [0.25, 0.3) is 0 Å². The lowest BCUT2D eigenvalue weighted by atomic mass is 9.94. The minimum Gasteiger partial charge on any atom is -0.295 e. The van der Waals surface area contributed by atoms with Crippen molar-refractivity contribution in [2.24, 2.45) is 5.92 Å². The van der Waals surface area contributed by atoms with E-state index >= 15 is 0 Å². The molecule has 0 radical (unpaired) electrons. The fourth-order valence-electron chi connectivity index (χ4n) is 3.04. The van der Waals surface area contributed by atoms with Crippen LogP contribution in [0.1, 0.15) is 56.7 Å². The maximum absolute atomic E-state index is 11.4. The second-order valence-electron chi connectivity index (χ2n) is 6.89. The normalized spacial score (nSPS) is 20.6. The highest BCUT2D eigenvalue weighted by Crippen LogP contribution is 2.25. The molecule has 0 bridgehead atoms. The number of thiazole rings is 1. The zero-order valence-electron chi connectivity index (χ0n) is 13.9. The summed E-state index contributed by atoms with van der Waals surface area (Å²) >= 11 is 1.47. The summed E-state index contributed by atoms with van der Waals surface area (Å²) < 4.78 is 22.7. The third-order valence-corrected chi connectivity index (χ3v) is 6.05. The molecule has 1 fully saturated rings. The van der Waals surface area contributed by atoms with Crippen LogP contribution in [0.5, 0.6) is 0 Å². The average Bonchev–Trinajstić information content (AvgIpc) is 2.82. The Bertz CT molecular complexity index is 566. The van der Waals surface area contributed by atoms with E-state index in [1.54, 1.807) is 0 Å². The van der Waals surface area contributed by atoms with E-state index in [-0.39, 0.29) is 5.75 Å². The molecule has 0 amide bonds. The van der Waals surface area contributed by atoms with E-state index in [2.05, 4.69) is 23.7 Å². The monoisotopic (exact) mass is 344 g/mol. The minimum atomic E-state index is -2.99. The third kappa shape index (κ3) is 5.97. The number of aromatic nitrogens is 1. The Morgan fingerprint density at radius 3 is 2.86 bits per heavy atom. The van der Waals surface area contributed by atoms with Gasteiger partial charge in [-0.1, -0.05) is 20.3 Å². The largest absolute Gasteiger partial charge is 0.295 e. The van der Waals surface area contributed by atoms with Crippen LogP contribution in [0.15, 0.2) is 5.38 Å². The van der Waals surface area contributed by atoms with Gasteiger partial charge in [0.15, 0.2) is 9.84 Å². The standard InChI is InChI=1S/C16H28N2O2S2/c1-13(2)7-8-15-6-4-5-9-18(15)10-14-11-21-16(17-14)12-22(3,19)20/h11,13,15H,4-10,12H2,1-3H3/t15-/m1/s1. The van der Waals surface area contributed by atoms with Gasteiger partial charge in [0, 0.05) is 24.2 Å². The van der Waals surface area contributed by atoms with Crippen LogP contribution < -0.4 is 0 Å². The van der Waals surface area contributed by atoms with Crippen molar-refractivity contribution in [1.82, 2.24) is 9.88 Å². The predicted molar refractivity (Wildman–Crippen MR) is 92.8 cm³/mol. The molecule has 126 valence electrons. The van der Waals surface area contributed by atoms with Gasteiger partial charge in [0.2, 0.25) is 0 Å². The van der Waals surface area contributed by atoms with Crippen LogP contribution in [-0.4, -0.2) is 37.1 Å². The lowest BCUT2D eigenvalue weighted by Gasteiger charge is -2.35. The molecular formula is C16H28N2O2S2. The van der Waals surface area contributed by atoms with Crippen LogP contribution in [0.2, 0.25) is 0 Å². The Morgan fingerprint density at radius 2 is 2.18 bits per heavy atom. The van der Waals surface area contributed by atoms with Gasteiger partial charge in [-0.15, -0.1) is 11.3 Å². The summed E-state index contributed by atoms with van der Waals surface area (Å²) in [6.07, 6.45) is 7.68. The molecule has 0 spiro atoms. The number of nitrogens with zero attached hydrogens (tertiary/aromatic N) is 2. The number of likely N-dealkylation sites (tertiary alicyclic amines) is 1. The van der Waals surface area contributed by atoms with Crippen LogP contribution in [-0.2, 0) is 22.1 Å². The van der Waals surface area contributed by atoms with Gasteiger partial charge in [0.05, 0.1) is 5.69 Å². The number of hydrogen-bond acceptors (Lipinski definition) is 5. The molecule has 4 nitrogen and oxygen atoms in total. The molecule has 2 heterocycles. The van der Waals surface area contributed by atoms with Crippen molar-refractivity contribution in [3.8, 4) is 0 Å². The van der Waals surface area contributed by atoms with Crippen molar-refractivity contribution in [1.29, 1.82) is 0 Å². The smallest absolute Gasteiger partial charge is 0.153 e. The van der Waals surface area contributed by atoms with Gasteiger partial charge in [0.1, 0.15) is 10.8 Å². The quantitative estimate of drug-likeness (QED) is 0.760. The van der Waals surface area contributed by atoms with Crippen molar-refractivity contribution in [3.05, 3.63) is 16.1 Å². The highest BCUT2D eigenvalue weighted by molar-refractivity contribution is 7.90. The molecule has 1 aromatic heterocycles. The number of hydrogen-bond donors (Lipinski definition) is 0. The Morgan fingerprint density at radius 1 is 1.41 bits per heavy atom. The van der Waals surface area contributed by atoms with E-state index in [0.717, 1.165) is 24.7 Å². The molecule has 1 aliphatic rings. The topological polar surface area (TPSA) is 50.3 Å². The van der Waals surface area contributed by atoms with E-state index in [1.807, 2.05) is 5.38 Å². The van der Waals surface area contributed by atoms with E-state index in [9.17, 15) is 8.42 Å². The molecule has 1 saturated heterocycles. The predicted octanol–water partition coefficient (Wildman–Crippen LogP) is 3.48. The molecule has 1 atom stereocenters. The minimum absolute atomic E-state index is 0.0639. The van der Waals surface area contributed by atoms with Crippen molar-refractivity contribution in [2.75, 3.05) is 12.8 Å². The van der Waals surface area contributed by atoms with E-state index in [0.29, 0.717) is 11.0 Å². The molecule has 0 aromatic carbocycles. The first kappa shape index (κ1) is 17.9. The summed E-state index contributed by atoms with van der Waals surface area (Å²) in [5.74, 6) is 0.818. The molecule has 0 N–H and O–H groups in total. The van der Waals surface area contributed by atoms with Crippen LogP contribution >= 0.6 is 11.3 Å². The van der Waals surface area contributed by atoms with Crippen LogP contribution in [0.4, 0.5) is 0 Å². The second-order valence-corrected chi connectivity index (χ2v) is 9.98. The van der Waals surface area contributed by atoms with Gasteiger partial charge in [0.25, 0.3) is 0 Å². The molecule has 0 saturated carbocycles. The molecule has 1 aliphatic heterocycles. The maximum Gasteiger partial charge on any atom is 0.153 e. The first-order valence-corrected chi connectivity index (χ1v) is 11.1. The molecular weight excluding hydrogens is 316 g/mol. The summed E-state index contributed by atoms with van der Waals surface area (Å²) in [4.78, 5) is 7.06. The Hall–Kier alpha value is -0.460. The third-order valence-electron chi connectivity index (χ3n) is 4.18. The number of rotatable bonds is 7. The Balaban J connectivity index is 1.95. The summed E-state index contributed by atoms with van der Waals surface area (Å²) in [6, 6.07) is 0.663. The SMILES string of the molecule is CC(C)CC[C@H]1CCCCN1Cc1csc(CS(C)(=O)=O)n1. The van der Waals surface area contributed by atoms with Crippen molar-refractivity contribution in [3.63, 3.8) is 0 Å². The molecule has 0 unspecified atom stereocenters. The van der Waals surface area contributed by atoms with Crippen molar-refractivity contribution in [2.45, 2.75) is 64.3 Å². The lowest BCUT2D eigenvalue weighted by Crippen LogP contribution is -2.39. The van der Waals surface area contributed by atoms with Crippen molar-refractivity contribution >= 4 is 21.2 Å². The summed E-state index contributed by atoms with van der Waals surface area (Å²) in [5, 5.41) is 2.74. The maximum atomic E-state index is 11.4. The van der Waals surface area contributed by atoms with Gasteiger partial charge < -0.3 is 0 Å². The van der Waals surface area contributed by atoms with Gasteiger partial charge in [-0.3, -0.25) is 4.90 Å². The van der Waals surface area contributed by atoms with Gasteiger partial charge in [-0.25, -0.2) is 13.4 Å². The second kappa shape index (κ2) is 7.88. The summed E-state index contributed by atoms with van der Waals surface area (Å²) in [6.45, 7) is 6.57. The molecule has 1 aromatic rings. The Kier molecular flexibility index (Phi) is 6.41. The van der Waals surface area contributed by atoms with Crippen LogP contribution in [0.3, 0.4) is 0 Å². The number of sulfone groups is 1. The molecule has 6 heteroatoms. The van der Waals surface area contributed by atoms with Crippen molar-refractivity contribution < 1.29 is 8.42 Å². The first-order chi connectivity index (χ1) is 10.3. The molecule has 22 heavy (non-hydrogen) atoms. The highest BCUT2D eigenvalue weighted by atomic mass is 32.2. The van der Waals surface area contributed by atoms with E-state index in [1.165, 1.54) is 49.7 Å².